The molecule has 4 nitrogen and oxygen atoms in total. The summed E-state index contributed by atoms with van der Waals surface area (Å²) >= 11 is 1.31. The molecule has 5 heteroatoms. The summed E-state index contributed by atoms with van der Waals surface area (Å²) < 4.78 is 0. The molecule has 2 amide bonds. The summed E-state index contributed by atoms with van der Waals surface area (Å²) in [6.45, 7) is 1.56. The van der Waals surface area contributed by atoms with Gasteiger partial charge >= 0.3 is 6.03 Å². The van der Waals surface area contributed by atoms with Crippen LogP contribution in [0, 0.1) is 0 Å². The number of hydrogen-bond acceptors (Lipinski definition) is 3. The van der Waals surface area contributed by atoms with Crippen LogP contribution in [0.5, 0.6) is 0 Å². The second-order valence-electron chi connectivity index (χ2n) is 3.65. The van der Waals surface area contributed by atoms with E-state index in [4.69, 9.17) is 5.73 Å². The molecule has 0 saturated carbocycles. The molecule has 0 spiro atoms. The summed E-state index contributed by atoms with van der Waals surface area (Å²) in [4.78, 5) is 21.4. The van der Waals surface area contributed by atoms with Gasteiger partial charge in [-0.05, 0) is 24.1 Å². The summed E-state index contributed by atoms with van der Waals surface area (Å²) in [5.41, 5.74) is 6.69. The first-order valence-corrected chi connectivity index (χ1v) is 6.53. The highest BCUT2D eigenvalue weighted by Gasteiger charge is 1.96. The standard InChI is InChI=1S/C13H16N2O2S/c1-10(16)18-8-3-2-5-11-6-4-7-12(9-11)15-13(14)17/h2,4-7,9H,3,8H2,1H3,(H3,14,15,17). The Morgan fingerprint density at radius 3 is 2.89 bits per heavy atom. The molecule has 0 unspecified atom stereocenters. The minimum absolute atomic E-state index is 0.135. The van der Waals surface area contributed by atoms with Crippen molar-refractivity contribution in [3.63, 3.8) is 0 Å². The lowest BCUT2D eigenvalue weighted by molar-refractivity contribution is -0.109. The highest BCUT2D eigenvalue weighted by Crippen LogP contribution is 2.12. The molecule has 96 valence electrons. The maximum absolute atomic E-state index is 10.7. The van der Waals surface area contributed by atoms with Gasteiger partial charge in [0.05, 0.1) is 0 Å². The third kappa shape index (κ3) is 6.10. The third-order valence-electron chi connectivity index (χ3n) is 2.05. The lowest BCUT2D eigenvalue weighted by atomic mass is 10.2. The molecule has 0 fully saturated rings. The van der Waals surface area contributed by atoms with Gasteiger partial charge in [-0.2, -0.15) is 0 Å². The predicted octanol–water partition coefficient (Wildman–Crippen LogP) is 2.86. The molecular formula is C13H16N2O2S. The molecule has 1 aromatic carbocycles. The number of rotatable bonds is 5. The average Bonchev–Trinajstić information content (AvgIpc) is 2.27. The van der Waals surface area contributed by atoms with Crippen molar-refractivity contribution >= 4 is 34.7 Å². The number of carbonyl (C=O) groups excluding carboxylic acids is 2. The van der Waals surface area contributed by atoms with Gasteiger partial charge in [-0.1, -0.05) is 36.0 Å². The minimum Gasteiger partial charge on any atom is -0.351 e. The normalized spacial score (nSPS) is 10.5. The Balaban J connectivity index is 2.48. The zero-order chi connectivity index (χ0) is 13.4. The van der Waals surface area contributed by atoms with Gasteiger partial charge in [0, 0.05) is 18.4 Å². The Hall–Kier alpha value is -1.75. The second kappa shape index (κ2) is 7.55. The number of carbonyl (C=O) groups is 2. The van der Waals surface area contributed by atoms with E-state index in [1.807, 2.05) is 30.4 Å². The Morgan fingerprint density at radius 2 is 2.22 bits per heavy atom. The first kappa shape index (κ1) is 14.3. The van der Waals surface area contributed by atoms with Crippen molar-refractivity contribution in [1.82, 2.24) is 0 Å². The first-order chi connectivity index (χ1) is 8.58. The van der Waals surface area contributed by atoms with Crippen molar-refractivity contribution in [2.45, 2.75) is 13.3 Å². The summed E-state index contributed by atoms with van der Waals surface area (Å²) in [6.07, 6.45) is 4.78. The van der Waals surface area contributed by atoms with E-state index in [9.17, 15) is 9.59 Å². The molecule has 0 radical (unpaired) electrons. The van der Waals surface area contributed by atoms with Gasteiger partial charge in [0.1, 0.15) is 0 Å². The average molecular weight is 264 g/mol. The molecule has 0 bridgehead atoms. The first-order valence-electron chi connectivity index (χ1n) is 5.54. The van der Waals surface area contributed by atoms with Crippen molar-refractivity contribution in [1.29, 1.82) is 0 Å². The topological polar surface area (TPSA) is 72.2 Å². The number of primary amides is 1. The van der Waals surface area contributed by atoms with Gasteiger partial charge in [-0.15, -0.1) is 0 Å². The minimum atomic E-state index is -0.575. The monoisotopic (exact) mass is 264 g/mol. The molecule has 3 N–H and O–H groups in total. The number of benzene rings is 1. The largest absolute Gasteiger partial charge is 0.351 e. The van der Waals surface area contributed by atoms with E-state index >= 15 is 0 Å². The highest BCUT2D eigenvalue weighted by atomic mass is 32.2. The number of nitrogens with one attached hydrogen (secondary N) is 1. The fraction of sp³-hybridized carbons (Fsp3) is 0.231. The van der Waals surface area contributed by atoms with Crippen LogP contribution >= 0.6 is 11.8 Å². The molecule has 0 aliphatic rings. The molecule has 18 heavy (non-hydrogen) atoms. The Labute approximate surface area is 111 Å². The fourth-order valence-electron chi connectivity index (χ4n) is 1.35. The van der Waals surface area contributed by atoms with Crippen molar-refractivity contribution in [3.8, 4) is 0 Å². The zero-order valence-corrected chi connectivity index (χ0v) is 11.0. The summed E-state index contributed by atoms with van der Waals surface area (Å²) in [6, 6.07) is 6.80. The Morgan fingerprint density at radius 1 is 1.44 bits per heavy atom. The second-order valence-corrected chi connectivity index (χ2v) is 4.92. The zero-order valence-electron chi connectivity index (χ0n) is 10.2. The van der Waals surface area contributed by atoms with E-state index in [0.717, 1.165) is 17.7 Å². The van der Waals surface area contributed by atoms with Gasteiger partial charge < -0.3 is 11.1 Å². The van der Waals surface area contributed by atoms with Crippen LogP contribution in [-0.2, 0) is 4.79 Å². The summed E-state index contributed by atoms with van der Waals surface area (Å²) in [5, 5.41) is 2.65. The van der Waals surface area contributed by atoms with Gasteiger partial charge in [-0.25, -0.2) is 4.79 Å². The van der Waals surface area contributed by atoms with Crippen LogP contribution in [0.25, 0.3) is 6.08 Å². The van der Waals surface area contributed by atoms with E-state index < -0.39 is 6.03 Å². The van der Waals surface area contributed by atoms with Gasteiger partial charge in [0.15, 0.2) is 5.12 Å². The van der Waals surface area contributed by atoms with Crippen molar-refractivity contribution in [2.24, 2.45) is 5.73 Å². The van der Waals surface area contributed by atoms with Gasteiger partial charge in [0.25, 0.3) is 0 Å². The smallest absolute Gasteiger partial charge is 0.316 e. The number of hydrogen-bond donors (Lipinski definition) is 2. The molecule has 0 heterocycles. The molecular weight excluding hydrogens is 248 g/mol. The molecule has 1 aromatic rings. The molecule has 0 saturated heterocycles. The number of anilines is 1. The maximum Gasteiger partial charge on any atom is 0.316 e. The summed E-state index contributed by atoms with van der Waals surface area (Å²) in [7, 11) is 0. The quantitative estimate of drug-likeness (QED) is 0.803. The summed E-state index contributed by atoms with van der Waals surface area (Å²) in [5.74, 6) is 0.783. The van der Waals surface area contributed by atoms with E-state index in [2.05, 4.69) is 5.32 Å². The van der Waals surface area contributed by atoms with E-state index in [1.165, 1.54) is 11.8 Å². The number of amides is 2. The van der Waals surface area contributed by atoms with Crippen molar-refractivity contribution in [3.05, 3.63) is 35.9 Å². The van der Waals surface area contributed by atoms with Crippen molar-refractivity contribution < 1.29 is 9.59 Å². The number of thioether (sulfide) groups is 1. The van der Waals surface area contributed by atoms with Crippen LogP contribution in [0.15, 0.2) is 30.3 Å². The fourth-order valence-corrected chi connectivity index (χ4v) is 1.89. The van der Waals surface area contributed by atoms with Crippen LogP contribution in [0.3, 0.4) is 0 Å². The Bertz CT molecular complexity index is 458. The van der Waals surface area contributed by atoms with Gasteiger partial charge in [-0.3, -0.25) is 4.79 Å². The van der Waals surface area contributed by atoms with Gasteiger partial charge in [0.2, 0.25) is 0 Å². The number of urea groups is 1. The molecule has 0 aliphatic heterocycles. The van der Waals surface area contributed by atoms with Crippen LogP contribution in [0.4, 0.5) is 10.5 Å². The Kier molecular flexibility index (Phi) is 6.00. The molecule has 0 aliphatic carbocycles. The van der Waals surface area contributed by atoms with Crippen LogP contribution in [0.1, 0.15) is 18.9 Å². The highest BCUT2D eigenvalue weighted by molar-refractivity contribution is 8.13. The molecule has 0 atom stereocenters. The van der Waals surface area contributed by atoms with E-state index in [-0.39, 0.29) is 5.12 Å². The lowest BCUT2D eigenvalue weighted by Gasteiger charge is -2.02. The van der Waals surface area contributed by atoms with E-state index in [0.29, 0.717) is 5.69 Å². The van der Waals surface area contributed by atoms with E-state index in [1.54, 1.807) is 13.0 Å². The van der Waals surface area contributed by atoms with Crippen LogP contribution in [-0.4, -0.2) is 16.9 Å². The van der Waals surface area contributed by atoms with Crippen LogP contribution < -0.4 is 11.1 Å². The molecule has 0 aromatic heterocycles. The predicted molar refractivity (Wildman–Crippen MR) is 76.4 cm³/mol. The van der Waals surface area contributed by atoms with Crippen LogP contribution in [0.2, 0.25) is 0 Å². The number of nitrogens with two attached hydrogens (primary N) is 1. The molecule has 1 rings (SSSR count). The van der Waals surface area contributed by atoms with Crippen molar-refractivity contribution in [2.75, 3.05) is 11.1 Å². The number of allylic oxidation sites excluding steroid dienone is 1. The third-order valence-corrected chi connectivity index (χ3v) is 2.90. The SMILES string of the molecule is CC(=O)SCCC=Cc1cccc(NC(N)=O)c1. The maximum atomic E-state index is 10.7. The lowest BCUT2D eigenvalue weighted by Crippen LogP contribution is -2.19.